The third-order valence-corrected chi connectivity index (χ3v) is 4.76. The molecule has 2 saturated heterocycles. The van der Waals surface area contributed by atoms with Crippen LogP contribution in [0.25, 0.3) is 0 Å². The third kappa shape index (κ3) is 2.87. The molecule has 3 atom stereocenters. The van der Waals surface area contributed by atoms with Gasteiger partial charge in [-0.25, -0.2) is 0 Å². The van der Waals surface area contributed by atoms with Crippen molar-refractivity contribution in [3.05, 3.63) is 46.7 Å². The summed E-state index contributed by atoms with van der Waals surface area (Å²) >= 11 is 5.89. The van der Waals surface area contributed by atoms with E-state index in [2.05, 4.69) is 10.3 Å². The fraction of sp³-hybridized carbons (Fsp3) is 0.500. The van der Waals surface area contributed by atoms with Crippen molar-refractivity contribution in [2.45, 2.75) is 43.8 Å². The number of aliphatic hydroxyl groups is 1. The Morgan fingerprint density at radius 3 is 3.00 bits per heavy atom. The van der Waals surface area contributed by atoms with Crippen LogP contribution in [0.4, 0.5) is 0 Å². The van der Waals surface area contributed by atoms with Gasteiger partial charge in [0.1, 0.15) is 5.69 Å². The Morgan fingerprint density at radius 1 is 1.35 bits per heavy atom. The minimum atomic E-state index is -1.20. The lowest BCUT2D eigenvalue weighted by Crippen LogP contribution is -2.44. The molecule has 122 valence electrons. The summed E-state index contributed by atoms with van der Waals surface area (Å²) in [5, 5.41) is 19.9. The van der Waals surface area contributed by atoms with Crippen molar-refractivity contribution >= 4 is 11.6 Å². The molecule has 2 bridgehead atoms. The van der Waals surface area contributed by atoms with Gasteiger partial charge in [-0.05, 0) is 37.0 Å². The molecule has 2 fully saturated rings. The second-order valence-electron chi connectivity index (χ2n) is 6.13. The van der Waals surface area contributed by atoms with Gasteiger partial charge in [0.2, 0.25) is 0 Å². The number of hydrogen-bond donors (Lipinski definition) is 1. The predicted octanol–water partition coefficient (Wildman–Crippen LogP) is 1.90. The highest BCUT2D eigenvalue weighted by Gasteiger charge is 2.51. The fourth-order valence-electron chi connectivity index (χ4n) is 3.10. The molecule has 1 N–H and O–H groups in total. The molecule has 1 aromatic heterocycles. The van der Waals surface area contributed by atoms with E-state index in [1.54, 1.807) is 10.9 Å². The van der Waals surface area contributed by atoms with Crippen molar-refractivity contribution in [1.82, 2.24) is 15.0 Å². The molecule has 23 heavy (non-hydrogen) atoms. The third-order valence-electron chi connectivity index (χ3n) is 4.51. The molecule has 2 aromatic rings. The van der Waals surface area contributed by atoms with Gasteiger partial charge in [0, 0.05) is 11.6 Å². The van der Waals surface area contributed by atoms with Crippen LogP contribution in [0.15, 0.2) is 30.5 Å². The zero-order chi connectivity index (χ0) is 15.9. The van der Waals surface area contributed by atoms with Crippen molar-refractivity contribution in [2.75, 3.05) is 6.61 Å². The molecule has 2 aliphatic heterocycles. The normalized spacial score (nSPS) is 29.8. The van der Waals surface area contributed by atoms with Crippen molar-refractivity contribution < 1.29 is 14.6 Å². The van der Waals surface area contributed by atoms with Crippen molar-refractivity contribution in [3.8, 4) is 0 Å². The lowest BCUT2D eigenvalue weighted by molar-refractivity contribution is -0.219. The SMILES string of the molecule is OC1(c2cn(CCc3ccc(Cl)cc3)nn2)CC[C@H]2CO[C@@H]1O2. The number of aromatic nitrogens is 3. The average molecular weight is 336 g/mol. The van der Waals surface area contributed by atoms with E-state index in [9.17, 15) is 5.11 Å². The standard InChI is InChI=1S/C16H18ClN3O3/c17-12-3-1-11(2-4-12)6-8-20-9-14(18-19-20)16(21)7-5-13-10-22-15(16)23-13/h1-4,9,13,15,21H,5-8,10H2/t13-,15+,16?/m0/s1. The fourth-order valence-corrected chi connectivity index (χ4v) is 3.22. The molecule has 0 spiro atoms. The summed E-state index contributed by atoms with van der Waals surface area (Å²) in [6.45, 7) is 1.22. The summed E-state index contributed by atoms with van der Waals surface area (Å²) in [5.74, 6) is 0. The molecule has 0 aliphatic carbocycles. The first-order valence-corrected chi connectivity index (χ1v) is 8.16. The van der Waals surface area contributed by atoms with Crippen LogP contribution in [0.1, 0.15) is 24.1 Å². The number of halogens is 1. The number of nitrogens with zero attached hydrogens (tertiary/aromatic N) is 3. The van der Waals surface area contributed by atoms with Gasteiger partial charge in [-0.15, -0.1) is 5.10 Å². The Labute approximate surface area is 139 Å². The monoisotopic (exact) mass is 335 g/mol. The summed E-state index contributed by atoms with van der Waals surface area (Å²) in [7, 11) is 0. The van der Waals surface area contributed by atoms with Crippen LogP contribution in [0.5, 0.6) is 0 Å². The molecule has 1 unspecified atom stereocenters. The number of benzene rings is 1. The zero-order valence-corrected chi connectivity index (χ0v) is 13.3. The van der Waals surface area contributed by atoms with Crippen LogP contribution < -0.4 is 0 Å². The molecular weight excluding hydrogens is 318 g/mol. The summed E-state index contributed by atoms with van der Waals surface area (Å²) in [5.41, 5.74) is 0.484. The van der Waals surface area contributed by atoms with Gasteiger partial charge in [-0.3, -0.25) is 4.68 Å². The van der Waals surface area contributed by atoms with Crippen LogP contribution in [0, 0.1) is 0 Å². The maximum absolute atomic E-state index is 10.9. The minimum Gasteiger partial charge on any atom is -0.378 e. The number of ether oxygens (including phenoxy) is 2. The first kappa shape index (κ1) is 15.1. The highest BCUT2D eigenvalue weighted by molar-refractivity contribution is 6.30. The van der Waals surface area contributed by atoms with Crippen molar-refractivity contribution in [3.63, 3.8) is 0 Å². The molecule has 4 rings (SSSR count). The van der Waals surface area contributed by atoms with E-state index in [1.165, 1.54) is 5.56 Å². The molecule has 0 amide bonds. The molecule has 0 saturated carbocycles. The Bertz CT molecular complexity index is 690. The molecule has 0 radical (unpaired) electrons. The Kier molecular flexibility index (Phi) is 3.85. The number of aryl methyl sites for hydroxylation is 2. The average Bonchev–Trinajstić information content (AvgIpc) is 3.20. The predicted molar refractivity (Wildman–Crippen MR) is 82.9 cm³/mol. The maximum Gasteiger partial charge on any atom is 0.192 e. The summed E-state index contributed by atoms with van der Waals surface area (Å²) in [6.07, 6.45) is 3.41. The van der Waals surface area contributed by atoms with E-state index < -0.39 is 11.9 Å². The maximum atomic E-state index is 10.9. The van der Waals surface area contributed by atoms with Gasteiger partial charge in [-0.2, -0.15) is 0 Å². The van der Waals surface area contributed by atoms with Crippen LogP contribution in [0.2, 0.25) is 5.02 Å². The van der Waals surface area contributed by atoms with Crippen LogP contribution in [-0.4, -0.2) is 39.1 Å². The topological polar surface area (TPSA) is 69.4 Å². The number of fused-ring (bicyclic) bond motifs is 2. The van der Waals surface area contributed by atoms with Gasteiger partial charge in [0.15, 0.2) is 11.9 Å². The van der Waals surface area contributed by atoms with Gasteiger partial charge in [0.05, 0.1) is 18.9 Å². The Hall–Kier alpha value is -1.47. The zero-order valence-electron chi connectivity index (χ0n) is 12.6. The lowest BCUT2D eigenvalue weighted by Gasteiger charge is -2.34. The van der Waals surface area contributed by atoms with E-state index >= 15 is 0 Å². The summed E-state index contributed by atoms with van der Waals surface area (Å²) in [6, 6.07) is 7.74. The second-order valence-corrected chi connectivity index (χ2v) is 6.57. The van der Waals surface area contributed by atoms with Gasteiger partial charge >= 0.3 is 0 Å². The van der Waals surface area contributed by atoms with E-state index in [1.807, 2.05) is 24.3 Å². The minimum absolute atomic E-state index is 0.0974. The molecule has 6 nitrogen and oxygen atoms in total. The molecule has 1 aromatic carbocycles. The second kappa shape index (κ2) is 5.87. The van der Waals surface area contributed by atoms with E-state index in [0.29, 0.717) is 25.3 Å². The first-order valence-electron chi connectivity index (χ1n) is 7.78. The van der Waals surface area contributed by atoms with Crippen LogP contribution >= 0.6 is 11.6 Å². The van der Waals surface area contributed by atoms with Gasteiger partial charge in [0.25, 0.3) is 0 Å². The Balaban J connectivity index is 1.45. The van der Waals surface area contributed by atoms with Gasteiger partial charge < -0.3 is 14.6 Å². The van der Waals surface area contributed by atoms with Gasteiger partial charge in [-0.1, -0.05) is 28.9 Å². The largest absolute Gasteiger partial charge is 0.378 e. The van der Waals surface area contributed by atoms with Crippen molar-refractivity contribution in [2.24, 2.45) is 0 Å². The van der Waals surface area contributed by atoms with Crippen LogP contribution in [-0.2, 0) is 28.0 Å². The molecule has 2 aliphatic rings. The van der Waals surface area contributed by atoms with Crippen LogP contribution in [0.3, 0.4) is 0 Å². The van der Waals surface area contributed by atoms with Crippen molar-refractivity contribution in [1.29, 1.82) is 0 Å². The van der Waals surface area contributed by atoms with E-state index in [-0.39, 0.29) is 6.10 Å². The highest BCUT2D eigenvalue weighted by atomic mass is 35.5. The quantitative estimate of drug-likeness (QED) is 0.924. The van der Waals surface area contributed by atoms with E-state index in [4.69, 9.17) is 21.1 Å². The Morgan fingerprint density at radius 2 is 2.17 bits per heavy atom. The lowest BCUT2D eigenvalue weighted by atomic mass is 9.90. The highest BCUT2D eigenvalue weighted by Crippen LogP contribution is 2.40. The molecule has 3 heterocycles. The number of rotatable bonds is 4. The summed E-state index contributed by atoms with van der Waals surface area (Å²) in [4.78, 5) is 0. The first-order chi connectivity index (χ1) is 11.1. The number of hydrogen-bond acceptors (Lipinski definition) is 5. The summed E-state index contributed by atoms with van der Waals surface area (Å²) < 4.78 is 12.9. The molecular formula is C16H18ClN3O3. The van der Waals surface area contributed by atoms with E-state index in [0.717, 1.165) is 17.9 Å². The molecule has 7 heteroatoms. The smallest absolute Gasteiger partial charge is 0.192 e.